The third kappa shape index (κ3) is 5.19. The van der Waals surface area contributed by atoms with Crippen LogP contribution in [0.3, 0.4) is 0 Å². The molecule has 0 spiro atoms. The van der Waals surface area contributed by atoms with Gasteiger partial charge in [0.25, 0.3) is 0 Å². The molecule has 0 saturated carbocycles. The zero-order valence-electron chi connectivity index (χ0n) is 15.1. The van der Waals surface area contributed by atoms with Gasteiger partial charge in [0.05, 0.1) is 0 Å². The molecule has 2 heterocycles. The minimum atomic E-state index is 0.121. The van der Waals surface area contributed by atoms with Crippen LogP contribution in [0, 0.1) is 0 Å². The lowest BCUT2D eigenvalue weighted by atomic mass is 9.87. The van der Waals surface area contributed by atoms with Crippen molar-refractivity contribution in [2.45, 2.75) is 43.7 Å². The maximum atomic E-state index is 5.82. The van der Waals surface area contributed by atoms with Gasteiger partial charge in [-0.05, 0) is 34.6 Å². The number of thiophene rings is 1. The molecule has 2 N–H and O–H groups in total. The Hall–Kier alpha value is -2.12. The number of aromatic nitrogens is 3. The van der Waals surface area contributed by atoms with Crippen molar-refractivity contribution in [1.29, 1.82) is 0 Å². The second-order valence-electron chi connectivity index (χ2n) is 6.82. The number of nitrogen functional groups attached to an aromatic ring is 1. The summed E-state index contributed by atoms with van der Waals surface area (Å²) in [5, 5.41) is 2.68. The maximum Gasteiger partial charge on any atom is 0.224 e. The molecule has 7 heteroatoms. The molecule has 5 nitrogen and oxygen atoms in total. The Morgan fingerprint density at radius 2 is 1.85 bits per heavy atom. The van der Waals surface area contributed by atoms with Gasteiger partial charge < -0.3 is 10.5 Å². The molecule has 0 unspecified atom stereocenters. The van der Waals surface area contributed by atoms with E-state index in [1.54, 1.807) is 23.1 Å². The summed E-state index contributed by atoms with van der Waals surface area (Å²) in [6.07, 6.45) is 0. The van der Waals surface area contributed by atoms with Crippen molar-refractivity contribution >= 4 is 29.0 Å². The minimum absolute atomic E-state index is 0.121. The molecule has 0 amide bonds. The number of ether oxygens (including phenoxy) is 1. The highest BCUT2D eigenvalue weighted by molar-refractivity contribution is 7.98. The van der Waals surface area contributed by atoms with Crippen LogP contribution in [-0.2, 0) is 17.8 Å². The lowest BCUT2D eigenvalue weighted by Crippen LogP contribution is -2.11. The van der Waals surface area contributed by atoms with E-state index >= 15 is 0 Å². The van der Waals surface area contributed by atoms with E-state index in [1.807, 2.05) is 18.2 Å². The Morgan fingerprint density at radius 1 is 1.08 bits per heavy atom. The third-order valence-corrected chi connectivity index (χ3v) is 5.65. The molecule has 0 aliphatic rings. The molecule has 26 heavy (non-hydrogen) atoms. The molecular weight excluding hydrogens is 364 g/mol. The Bertz CT molecular complexity index is 843. The van der Waals surface area contributed by atoms with Crippen LogP contribution in [-0.4, -0.2) is 15.0 Å². The average Bonchev–Trinajstić information content (AvgIpc) is 3.11. The molecule has 1 aromatic carbocycles. The Kier molecular flexibility index (Phi) is 5.78. The van der Waals surface area contributed by atoms with Gasteiger partial charge in [-0.3, -0.25) is 0 Å². The molecular formula is C19H22N4OS2. The van der Waals surface area contributed by atoms with Crippen molar-refractivity contribution in [2.24, 2.45) is 0 Å². The normalized spacial score (nSPS) is 11.5. The van der Waals surface area contributed by atoms with Crippen molar-refractivity contribution < 1.29 is 4.74 Å². The smallest absolute Gasteiger partial charge is 0.224 e. The van der Waals surface area contributed by atoms with Crippen molar-refractivity contribution in [3.63, 3.8) is 0 Å². The highest BCUT2D eigenvalue weighted by Crippen LogP contribution is 2.25. The first kappa shape index (κ1) is 18.7. The number of rotatable bonds is 6. The van der Waals surface area contributed by atoms with Crippen molar-refractivity contribution in [2.75, 3.05) is 5.73 Å². The average molecular weight is 387 g/mol. The summed E-state index contributed by atoms with van der Waals surface area (Å²) in [4.78, 5) is 14.1. The summed E-state index contributed by atoms with van der Waals surface area (Å²) in [6.45, 7) is 6.82. The highest BCUT2D eigenvalue weighted by atomic mass is 32.2. The van der Waals surface area contributed by atoms with Gasteiger partial charge >= 0.3 is 0 Å². The van der Waals surface area contributed by atoms with E-state index in [9.17, 15) is 0 Å². The van der Waals surface area contributed by atoms with E-state index in [1.165, 1.54) is 10.4 Å². The minimum Gasteiger partial charge on any atom is -0.486 e. The molecule has 0 aliphatic carbocycles. The van der Waals surface area contributed by atoms with E-state index in [0.717, 1.165) is 11.5 Å². The molecule has 3 aromatic rings. The van der Waals surface area contributed by atoms with E-state index in [-0.39, 0.29) is 18.0 Å². The number of hydrogen-bond donors (Lipinski definition) is 1. The van der Waals surface area contributed by atoms with Crippen LogP contribution in [0.25, 0.3) is 0 Å². The monoisotopic (exact) mass is 386 g/mol. The van der Waals surface area contributed by atoms with Crippen molar-refractivity contribution in [3.8, 4) is 5.75 Å². The number of hydrogen-bond acceptors (Lipinski definition) is 7. The lowest BCUT2D eigenvalue weighted by molar-refractivity contribution is 0.294. The molecule has 0 saturated heterocycles. The van der Waals surface area contributed by atoms with Gasteiger partial charge in [-0.25, -0.2) is 4.98 Å². The van der Waals surface area contributed by atoms with Gasteiger partial charge in [-0.2, -0.15) is 9.97 Å². The Labute approximate surface area is 162 Å². The number of benzene rings is 1. The highest BCUT2D eigenvalue weighted by Gasteiger charge is 2.13. The second kappa shape index (κ2) is 8.05. The van der Waals surface area contributed by atoms with Crippen LogP contribution in [0.4, 0.5) is 5.95 Å². The first-order valence-corrected chi connectivity index (χ1v) is 10.2. The summed E-state index contributed by atoms with van der Waals surface area (Å²) in [7, 11) is 0. The first-order valence-electron chi connectivity index (χ1n) is 8.29. The summed E-state index contributed by atoms with van der Waals surface area (Å²) in [5.41, 5.74) is 7.20. The first-order chi connectivity index (χ1) is 12.4. The zero-order valence-corrected chi connectivity index (χ0v) is 16.7. The van der Waals surface area contributed by atoms with E-state index in [0.29, 0.717) is 11.0 Å². The largest absolute Gasteiger partial charge is 0.486 e. The summed E-state index contributed by atoms with van der Waals surface area (Å²) in [5.74, 6) is 2.35. The van der Waals surface area contributed by atoms with Gasteiger partial charge in [0.15, 0.2) is 11.0 Å². The van der Waals surface area contributed by atoms with Crippen LogP contribution < -0.4 is 10.5 Å². The topological polar surface area (TPSA) is 73.9 Å². The quantitative estimate of drug-likeness (QED) is 0.620. The molecule has 2 aromatic heterocycles. The fraction of sp³-hybridized carbons (Fsp3) is 0.316. The molecule has 0 radical (unpaired) electrons. The van der Waals surface area contributed by atoms with Crippen LogP contribution in [0.5, 0.6) is 5.75 Å². The number of nitrogens with zero attached hydrogens (tertiary/aromatic N) is 3. The van der Waals surface area contributed by atoms with Gasteiger partial charge in [-0.1, -0.05) is 50.7 Å². The number of anilines is 1. The molecule has 0 bridgehead atoms. The molecule has 136 valence electrons. The predicted molar refractivity (Wildman–Crippen MR) is 108 cm³/mol. The molecule has 0 fully saturated rings. The van der Waals surface area contributed by atoms with E-state index < -0.39 is 0 Å². The lowest BCUT2D eigenvalue weighted by Gasteiger charge is -2.19. The van der Waals surface area contributed by atoms with E-state index in [2.05, 4.69) is 59.3 Å². The van der Waals surface area contributed by atoms with Gasteiger partial charge in [0.1, 0.15) is 12.4 Å². The molecule has 0 aliphatic heterocycles. The van der Waals surface area contributed by atoms with Crippen LogP contribution in [0.2, 0.25) is 0 Å². The van der Waals surface area contributed by atoms with Crippen LogP contribution >= 0.6 is 23.1 Å². The fourth-order valence-electron chi connectivity index (χ4n) is 2.27. The number of thioether (sulfide) groups is 1. The van der Waals surface area contributed by atoms with Crippen LogP contribution in [0.1, 0.15) is 37.0 Å². The molecule has 3 rings (SSSR count). The maximum absolute atomic E-state index is 5.82. The van der Waals surface area contributed by atoms with Gasteiger partial charge in [0, 0.05) is 10.6 Å². The second-order valence-corrected chi connectivity index (χ2v) is 8.80. The Balaban J connectivity index is 1.62. The SMILES string of the molecule is CC(C)(C)c1ccc(OCc2nc(N)nc(SCc3cccs3)n2)cc1. The fourth-order valence-corrected chi connectivity index (χ4v) is 3.91. The number of nitrogens with two attached hydrogens (primary N) is 1. The predicted octanol–water partition coefficient (Wildman–Crippen LogP) is 4.68. The van der Waals surface area contributed by atoms with E-state index in [4.69, 9.17) is 10.5 Å². The Morgan fingerprint density at radius 3 is 2.50 bits per heavy atom. The van der Waals surface area contributed by atoms with Gasteiger partial charge in [-0.15, -0.1) is 11.3 Å². The standard InChI is InChI=1S/C19H22N4OS2/c1-19(2,3)13-6-8-14(9-7-13)24-11-16-21-17(20)23-18(22-16)26-12-15-5-4-10-25-15/h4-10H,11-12H2,1-3H3,(H2,20,21,22,23). The molecule has 0 atom stereocenters. The van der Waals surface area contributed by atoms with Crippen molar-refractivity contribution in [3.05, 3.63) is 58.0 Å². The summed E-state index contributed by atoms with van der Waals surface area (Å²) >= 11 is 3.26. The summed E-state index contributed by atoms with van der Waals surface area (Å²) in [6, 6.07) is 12.2. The van der Waals surface area contributed by atoms with Crippen LogP contribution in [0.15, 0.2) is 46.9 Å². The summed E-state index contributed by atoms with van der Waals surface area (Å²) < 4.78 is 5.80. The van der Waals surface area contributed by atoms with Crippen molar-refractivity contribution in [1.82, 2.24) is 15.0 Å². The third-order valence-electron chi connectivity index (χ3n) is 3.69. The van der Waals surface area contributed by atoms with Gasteiger partial charge in [0.2, 0.25) is 5.95 Å². The zero-order chi connectivity index (χ0) is 18.6.